The van der Waals surface area contributed by atoms with Crippen molar-refractivity contribution in [2.24, 2.45) is 10.8 Å². The van der Waals surface area contributed by atoms with Crippen molar-refractivity contribution in [3.8, 4) is 0 Å². The smallest absolute Gasteiger partial charge is 0.229 e. The molecule has 0 aromatic carbocycles. The molecule has 1 aromatic rings. The Hall–Kier alpha value is -0.460. The van der Waals surface area contributed by atoms with Gasteiger partial charge in [-0.15, -0.1) is 11.3 Å². The van der Waals surface area contributed by atoms with E-state index < -0.39 is 10.0 Å². The summed E-state index contributed by atoms with van der Waals surface area (Å²) in [6.45, 7) is 11.2. The number of sulfonamides is 1. The fraction of sp³-hybridized carbons (Fsp3) is 0.800. The normalized spacial score (nSPS) is 32.5. The number of hydrogen-bond acceptors (Lipinski definition) is 4. The number of fused-ring (bicyclic) bond motifs is 2. The molecule has 6 heteroatoms. The molecule has 2 bridgehead atoms. The average Bonchev–Trinajstić information content (AvgIpc) is 2.76. The van der Waals surface area contributed by atoms with E-state index in [-0.39, 0.29) is 21.2 Å². The van der Waals surface area contributed by atoms with E-state index in [4.69, 9.17) is 0 Å². The lowest BCUT2D eigenvalue weighted by Crippen LogP contribution is -2.37. The van der Waals surface area contributed by atoms with Crippen LogP contribution in [0.4, 0.5) is 0 Å². The van der Waals surface area contributed by atoms with Crippen LogP contribution in [0.15, 0.2) is 4.34 Å². The largest absolute Gasteiger partial charge is 0.270 e. The topological polar surface area (TPSA) is 50.3 Å². The molecule has 2 aliphatic rings. The lowest BCUT2D eigenvalue weighted by Gasteiger charge is -2.39. The number of aryl methyl sites for hydroxylation is 2. The van der Waals surface area contributed by atoms with Crippen LogP contribution in [0.3, 0.4) is 0 Å². The first kappa shape index (κ1) is 15.4. The molecule has 1 saturated heterocycles. The van der Waals surface area contributed by atoms with Crippen molar-refractivity contribution < 1.29 is 8.42 Å². The minimum atomic E-state index is -3.44. The van der Waals surface area contributed by atoms with Crippen LogP contribution in [0.1, 0.15) is 50.6 Å². The highest BCUT2D eigenvalue weighted by Gasteiger charge is 2.53. The third-order valence-corrected chi connectivity index (χ3v) is 8.23. The molecule has 4 nitrogen and oxygen atoms in total. The van der Waals surface area contributed by atoms with Crippen molar-refractivity contribution in [2.45, 2.75) is 64.3 Å². The van der Waals surface area contributed by atoms with Gasteiger partial charge in [-0.2, -0.15) is 4.31 Å². The highest BCUT2D eigenvalue weighted by atomic mass is 32.2. The first-order valence-electron chi connectivity index (χ1n) is 7.48. The second kappa shape index (κ2) is 4.52. The van der Waals surface area contributed by atoms with Gasteiger partial charge >= 0.3 is 0 Å². The predicted octanol–water partition coefficient (Wildman–Crippen LogP) is 3.35. The standard InChI is InChI=1S/C15H24N2O2S2/c1-10-11(2)20-13(16-10)21(18,19)17-9-15(5)7-12(17)6-14(3,4)8-15/h12H,6-9H2,1-5H3. The molecule has 2 atom stereocenters. The lowest BCUT2D eigenvalue weighted by atomic mass is 9.65. The first-order valence-corrected chi connectivity index (χ1v) is 9.74. The van der Waals surface area contributed by atoms with E-state index in [0.29, 0.717) is 6.54 Å². The summed E-state index contributed by atoms with van der Waals surface area (Å²) in [6, 6.07) is 0.133. The molecule has 3 rings (SSSR count). The maximum Gasteiger partial charge on any atom is 0.270 e. The number of rotatable bonds is 2. The molecule has 0 amide bonds. The molecule has 118 valence electrons. The minimum absolute atomic E-state index is 0.112. The first-order chi connectivity index (χ1) is 9.52. The van der Waals surface area contributed by atoms with Gasteiger partial charge in [0.25, 0.3) is 10.0 Å². The van der Waals surface area contributed by atoms with Crippen molar-refractivity contribution in [3.63, 3.8) is 0 Å². The monoisotopic (exact) mass is 328 g/mol. The van der Waals surface area contributed by atoms with Crippen LogP contribution in [0.25, 0.3) is 0 Å². The Morgan fingerprint density at radius 2 is 1.90 bits per heavy atom. The molecule has 1 aliphatic carbocycles. The van der Waals surface area contributed by atoms with Crippen molar-refractivity contribution in [2.75, 3.05) is 6.54 Å². The van der Waals surface area contributed by atoms with Crippen LogP contribution in [-0.2, 0) is 10.0 Å². The van der Waals surface area contributed by atoms with Gasteiger partial charge in [0.2, 0.25) is 4.34 Å². The van der Waals surface area contributed by atoms with Gasteiger partial charge in [0.05, 0.1) is 5.69 Å². The Labute approximate surface area is 131 Å². The third kappa shape index (κ3) is 2.55. The summed E-state index contributed by atoms with van der Waals surface area (Å²) in [6.07, 6.45) is 3.03. The molecule has 1 saturated carbocycles. The van der Waals surface area contributed by atoms with Gasteiger partial charge in [0.15, 0.2) is 0 Å². The average molecular weight is 329 g/mol. The van der Waals surface area contributed by atoms with E-state index in [2.05, 4.69) is 25.8 Å². The Kier molecular flexibility index (Phi) is 3.32. The van der Waals surface area contributed by atoms with Crippen LogP contribution in [0, 0.1) is 24.7 Å². The summed E-state index contributed by atoms with van der Waals surface area (Å²) in [7, 11) is -3.44. The van der Waals surface area contributed by atoms with E-state index >= 15 is 0 Å². The van der Waals surface area contributed by atoms with Crippen LogP contribution in [0.2, 0.25) is 0 Å². The number of hydrogen-bond donors (Lipinski definition) is 0. The Bertz CT molecular complexity index is 658. The molecule has 2 fully saturated rings. The number of nitrogens with zero attached hydrogens (tertiary/aromatic N) is 2. The van der Waals surface area contributed by atoms with Crippen LogP contribution in [-0.4, -0.2) is 30.3 Å². The molecule has 2 heterocycles. The molecule has 21 heavy (non-hydrogen) atoms. The molecule has 0 radical (unpaired) electrons. The van der Waals surface area contributed by atoms with Gasteiger partial charge in [0.1, 0.15) is 0 Å². The molecular formula is C15H24N2O2S2. The molecule has 0 N–H and O–H groups in total. The van der Waals surface area contributed by atoms with Crippen molar-refractivity contribution in [3.05, 3.63) is 10.6 Å². The fourth-order valence-corrected chi connectivity index (χ4v) is 7.54. The highest BCUT2D eigenvalue weighted by Crippen LogP contribution is 2.53. The SMILES string of the molecule is Cc1nc(S(=O)(=O)N2CC3(C)CC2CC(C)(C)C3)sc1C. The van der Waals surface area contributed by atoms with E-state index in [1.165, 1.54) is 11.3 Å². The Morgan fingerprint density at radius 1 is 1.24 bits per heavy atom. The van der Waals surface area contributed by atoms with E-state index in [1.807, 2.05) is 13.8 Å². The summed E-state index contributed by atoms with van der Waals surface area (Å²) in [4.78, 5) is 5.28. The summed E-state index contributed by atoms with van der Waals surface area (Å²) in [5.74, 6) is 0. The fourth-order valence-electron chi connectivity index (χ4n) is 4.34. The quantitative estimate of drug-likeness (QED) is 0.836. The van der Waals surface area contributed by atoms with E-state index in [1.54, 1.807) is 4.31 Å². The van der Waals surface area contributed by atoms with Crippen molar-refractivity contribution in [1.29, 1.82) is 0 Å². The van der Waals surface area contributed by atoms with Crippen LogP contribution in [0.5, 0.6) is 0 Å². The summed E-state index contributed by atoms with van der Waals surface area (Å²) in [5.41, 5.74) is 1.16. The molecule has 0 spiro atoms. The van der Waals surface area contributed by atoms with Crippen LogP contribution < -0.4 is 0 Å². The zero-order chi connectivity index (χ0) is 15.6. The number of thiazole rings is 1. The predicted molar refractivity (Wildman–Crippen MR) is 85.0 cm³/mol. The molecule has 1 aromatic heterocycles. The summed E-state index contributed by atoms with van der Waals surface area (Å²) in [5, 5.41) is 0. The Balaban J connectivity index is 1.98. The van der Waals surface area contributed by atoms with Gasteiger partial charge in [-0.05, 0) is 43.9 Å². The zero-order valence-electron chi connectivity index (χ0n) is 13.4. The van der Waals surface area contributed by atoms with E-state index in [0.717, 1.165) is 29.8 Å². The maximum absolute atomic E-state index is 13.0. The van der Waals surface area contributed by atoms with Crippen molar-refractivity contribution >= 4 is 21.4 Å². The van der Waals surface area contributed by atoms with Gasteiger partial charge in [-0.25, -0.2) is 13.4 Å². The molecular weight excluding hydrogens is 304 g/mol. The van der Waals surface area contributed by atoms with Gasteiger partial charge in [-0.1, -0.05) is 20.8 Å². The van der Waals surface area contributed by atoms with Crippen LogP contribution >= 0.6 is 11.3 Å². The summed E-state index contributed by atoms with van der Waals surface area (Å²) >= 11 is 1.30. The molecule has 1 aliphatic heterocycles. The zero-order valence-corrected chi connectivity index (χ0v) is 15.1. The lowest BCUT2D eigenvalue weighted by molar-refractivity contribution is 0.133. The number of aromatic nitrogens is 1. The highest BCUT2D eigenvalue weighted by molar-refractivity contribution is 7.91. The van der Waals surface area contributed by atoms with Crippen molar-refractivity contribution in [1.82, 2.24) is 9.29 Å². The van der Waals surface area contributed by atoms with Gasteiger partial charge in [0, 0.05) is 17.5 Å². The maximum atomic E-state index is 13.0. The second-order valence-electron chi connectivity index (χ2n) is 7.89. The molecule has 2 unspecified atom stereocenters. The van der Waals surface area contributed by atoms with Gasteiger partial charge < -0.3 is 0 Å². The third-order valence-electron chi connectivity index (χ3n) is 4.91. The van der Waals surface area contributed by atoms with Gasteiger partial charge in [-0.3, -0.25) is 0 Å². The van der Waals surface area contributed by atoms with E-state index in [9.17, 15) is 8.42 Å². The minimum Gasteiger partial charge on any atom is -0.229 e. The summed E-state index contributed by atoms with van der Waals surface area (Å²) < 4.78 is 27.9. The Morgan fingerprint density at radius 3 is 2.48 bits per heavy atom. The second-order valence-corrected chi connectivity index (χ2v) is 11.2.